The molecule has 2 N–H and O–H groups in total. The van der Waals surface area contributed by atoms with E-state index in [-0.39, 0.29) is 16.6 Å². The van der Waals surface area contributed by atoms with Crippen LogP contribution in [0.5, 0.6) is 5.75 Å². The molecule has 9 nitrogen and oxygen atoms in total. The van der Waals surface area contributed by atoms with Crippen molar-refractivity contribution < 1.29 is 27.2 Å². The number of nitrogens with zero attached hydrogens (tertiary/aromatic N) is 1. The molecule has 0 saturated heterocycles. The minimum atomic E-state index is -3.89. The van der Waals surface area contributed by atoms with Gasteiger partial charge in [0.2, 0.25) is 15.8 Å². The molecule has 1 aromatic heterocycles. The number of carbonyl (C=O) groups excluding carboxylic acids is 2. The molecule has 0 saturated carbocycles. The van der Waals surface area contributed by atoms with Gasteiger partial charge in [0, 0.05) is 0 Å². The highest BCUT2D eigenvalue weighted by Crippen LogP contribution is 2.15. The number of hydrogen-bond acceptors (Lipinski definition) is 7. The Kier molecular flexibility index (Phi) is 7.98. The van der Waals surface area contributed by atoms with Crippen LogP contribution in [0.25, 0.3) is 0 Å². The molecule has 0 spiro atoms. The Morgan fingerprint density at radius 3 is 2.29 bits per heavy atom. The average Bonchev–Trinajstić information content (AvgIpc) is 3.34. The van der Waals surface area contributed by atoms with E-state index in [0.29, 0.717) is 11.3 Å². The molecule has 1 atom stereocenters. The van der Waals surface area contributed by atoms with E-state index in [1.54, 1.807) is 56.3 Å². The zero-order valence-corrected chi connectivity index (χ0v) is 19.7. The van der Waals surface area contributed by atoms with Gasteiger partial charge in [0.05, 0.1) is 17.4 Å². The molecule has 3 rings (SSSR count). The summed E-state index contributed by atoms with van der Waals surface area (Å²) >= 11 is 0. The highest BCUT2D eigenvalue weighted by Gasteiger charge is 2.28. The first-order valence-corrected chi connectivity index (χ1v) is 11.9. The summed E-state index contributed by atoms with van der Waals surface area (Å²) in [6.07, 6.45) is 2.77. The lowest BCUT2D eigenvalue weighted by molar-refractivity contribution is -0.123. The van der Waals surface area contributed by atoms with E-state index in [2.05, 4.69) is 15.2 Å². The lowest BCUT2D eigenvalue weighted by Gasteiger charge is -2.20. The van der Waals surface area contributed by atoms with Crippen molar-refractivity contribution in [3.05, 3.63) is 83.8 Å². The molecule has 0 unspecified atom stereocenters. The molecule has 0 aliphatic carbocycles. The largest absolute Gasteiger partial charge is 0.457 e. The molecule has 34 heavy (non-hydrogen) atoms. The Hall–Kier alpha value is -3.76. The number of sulfonamides is 1. The maximum absolute atomic E-state index is 12.7. The lowest BCUT2D eigenvalue weighted by atomic mass is 10.1. The van der Waals surface area contributed by atoms with Crippen LogP contribution >= 0.6 is 0 Å². The molecule has 0 aliphatic rings. The van der Waals surface area contributed by atoms with E-state index in [0.717, 1.165) is 5.56 Å². The van der Waals surface area contributed by atoms with Crippen LogP contribution in [0.2, 0.25) is 0 Å². The van der Waals surface area contributed by atoms with Crippen LogP contribution in [0, 0.1) is 12.8 Å². The zero-order chi connectivity index (χ0) is 24.7. The van der Waals surface area contributed by atoms with Crippen molar-refractivity contribution in [2.24, 2.45) is 11.0 Å². The normalized spacial score (nSPS) is 12.6. The predicted molar refractivity (Wildman–Crippen MR) is 126 cm³/mol. The quantitative estimate of drug-likeness (QED) is 0.208. The van der Waals surface area contributed by atoms with Gasteiger partial charge >= 0.3 is 5.97 Å². The minimum absolute atomic E-state index is 0.0767. The molecule has 2 aromatic carbocycles. The van der Waals surface area contributed by atoms with Gasteiger partial charge in [-0.15, -0.1) is 0 Å². The number of hydrazone groups is 1. The van der Waals surface area contributed by atoms with Crippen molar-refractivity contribution in [1.29, 1.82) is 0 Å². The molecule has 0 fully saturated rings. The predicted octanol–water partition coefficient (Wildman–Crippen LogP) is 3.26. The molecule has 10 heteroatoms. The van der Waals surface area contributed by atoms with Gasteiger partial charge in [-0.05, 0) is 66.9 Å². The van der Waals surface area contributed by atoms with Gasteiger partial charge in [0.25, 0.3) is 5.91 Å². The number of benzene rings is 2. The number of amides is 1. The number of carbonyl (C=O) groups is 2. The van der Waals surface area contributed by atoms with E-state index in [4.69, 9.17) is 9.15 Å². The highest BCUT2D eigenvalue weighted by atomic mass is 32.2. The van der Waals surface area contributed by atoms with Gasteiger partial charge in [-0.25, -0.2) is 18.6 Å². The van der Waals surface area contributed by atoms with Crippen LogP contribution in [0.15, 0.2) is 81.3 Å². The summed E-state index contributed by atoms with van der Waals surface area (Å²) in [5.74, 6) is -1.13. The first kappa shape index (κ1) is 24.9. The number of hydrogen-bond donors (Lipinski definition) is 2. The van der Waals surface area contributed by atoms with Gasteiger partial charge in [-0.1, -0.05) is 31.5 Å². The van der Waals surface area contributed by atoms with Crippen molar-refractivity contribution in [2.75, 3.05) is 0 Å². The molecule has 1 amide bonds. The minimum Gasteiger partial charge on any atom is -0.457 e. The fourth-order valence-corrected chi connectivity index (χ4v) is 4.20. The number of nitrogens with one attached hydrogen (secondary N) is 2. The summed E-state index contributed by atoms with van der Waals surface area (Å²) in [7, 11) is -3.89. The Morgan fingerprint density at radius 1 is 1.03 bits per heavy atom. The molecule has 178 valence electrons. The molecule has 0 radical (unpaired) electrons. The lowest BCUT2D eigenvalue weighted by Crippen LogP contribution is -2.48. The molecule has 0 bridgehead atoms. The number of esters is 1. The molecule has 3 aromatic rings. The van der Waals surface area contributed by atoms with Crippen molar-refractivity contribution in [1.82, 2.24) is 10.1 Å². The molecule has 0 aliphatic heterocycles. The average molecular weight is 484 g/mol. The third kappa shape index (κ3) is 6.63. The fraction of sp³-hybridized carbons (Fsp3) is 0.208. The second-order valence-electron chi connectivity index (χ2n) is 7.83. The van der Waals surface area contributed by atoms with Crippen molar-refractivity contribution in [3.63, 3.8) is 0 Å². The second kappa shape index (κ2) is 10.9. The van der Waals surface area contributed by atoms with E-state index >= 15 is 0 Å². The SMILES string of the molecule is Cc1ccc(S(=O)(=O)N[C@H](C(=O)N/N=C\c2ccc(OC(=O)c3ccco3)cc2)C(C)C)cc1. The van der Waals surface area contributed by atoms with Crippen LogP contribution in [0.1, 0.15) is 35.5 Å². The van der Waals surface area contributed by atoms with Crippen LogP contribution in [0.3, 0.4) is 0 Å². The third-order valence-corrected chi connectivity index (χ3v) is 6.22. The highest BCUT2D eigenvalue weighted by molar-refractivity contribution is 7.89. The summed E-state index contributed by atoms with van der Waals surface area (Å²) in [6.45, 7) is 5.32. The second-order valence-corrected chi connectivity index (χ2v) is 9.54. The summed E-state index contributed by atoms with van der Waals surface area (Å²) in [5, 5.41) is 3.91. The van der Waals surface area contributed by atoms with Crippen LogP contribution in [0.4, 0.5) is 0 Å². The van der Waals surface area contributed by atoms with Crippen LogP contribution in [-0.2, 0) is 14.8 Å². The Balaban J connectivity index is 1.59. The van der Waals surface area contributed by atoms with Gasteiger partial charge in [-0.3, -0.25) is 4.79 Å². The third-order valence-electron chi connectivity index (χ3n) is 4.76. The number of ether oxygens (including phenoxy) is 1. The Labute approximate surface area is 197 Å². The van der Waals surface area contributed by atoms with Crippen LogP contribution in [-0.4, -0.2) is 32.6 Å². The van der Waals surface area contributed by atoms with Gasteiger partial charge in [0.1, 0.15) is 11.8 Å². The Bertz CT molecular complexity index is 1250. The smallest absolute Gasteiger partial charge is 0.379 e. The van der Waals surface area contributed by atoms with E-state index in [1.807, 2.05) is 6.92 Å². The molecule has 1 heterocycles. The standard InChI is InChI=1S/C24H25N3O6S/c1-16(2)22(27-34(30,31)20-12-6-17(3)7-13-20)23(28)26-25-15-18-8-10-19(11-9-18)33-24(29)21-5-4-14-32-21/h4-16,22,27H,1-3H3,(H,26,28)/b25-15-/t22-/m0/s1. The Morgan fingerprint density at radius 2 is 1.71 bits per heavy atom. The van der Waals surface area contributed by atoms with Crippen molar-refractivity contribution >= 4 is 28.1 Å². The first-order chi connectivity index (χ1) is 16.2. The maximum atomic E-state index is 12.7. The fourth-order valence-electron chi connectivity index (χ4n) is 2.86. The van der Waals surface area contributed by atoms with Gasteiger partial charge < -0.3 is 9.15 Å². The molecular weight excluding hydrogens is 458 g/mol. The molecular formula is C24H25N3O6S. The van der Waals surface area contributed by atoms with Crippen molar-refractivity contribution in [3.8, 4) is 5.75 Å². The summed E-state index contributed by atoms with van der Waals surface area (Å²) in [5.41, 5.74) is 3.92. The summed E-state index contributed by atoms with van der Waals surface area (Å²) in [4.78, 5) is 24.6. The maximum Gasteiger partial charge on any atom is 0.379 e. The summed E-state index contributed by atoms with van der Waals surface area (Å²) in [6, 6.07) is 14.8. The number of aryl methyl sites for hydroxylation is 1. The van der Waals surface area contributed by atoms with Gasteiger partial charge in [0.15, 0.2) is 0 Å². The van der Waals surface area contributed by atoms with E-state index < -0.39 is 27.9 Å². The number of rotatable bonds is 9. The monoisotopic (exact) mass is 483 g/mol. The topological polar surface area (TPSA) is 127 Å². The zero-order valence-electron chi connectivity index (χ0n) is 18.9. The number of furan rings is 1. The van der Waals surface area contributed by atoms with E-state index in [9.17, 15) is 18.0 Å². The first-order valence-electron chi connectivity index (χ1n) is 10.4. The van der Waals surface area contributed by atoms with Gasteiger partial charge in [-0.2, -0.15) is 9.82 Å². The van der Waals surface area contributed by atoms with Crippen molar-refractivity contribution in [2.45, 2.75) is 31.7 Å². The van der Waals surface area contributed by atoms with Crippen LogP contribution < -0.4 is 14.9 Å². The summed E-state index contributed by atoms with van der Waals surface area (Å²) < 4.78 is 38.0. The van der Waals surface area contributed by atoms with E-state index in [1.165, 1.54) is 30.7 Å².